The second-order valence-electron chi connectivity index (χ2n) is 5.57. The molecule has 0 aliphatic carbocycles. The molecular formula is C17H21N3O4S. The SMILES string of the molecule is COCCN(Cc1ccc2c(c1)OCO2)C(=O)c1csc(CCN)n1. The summed E-state index contributed by atoms with van der Waals surface area (Å²) in [6.45, 7) is 2.13. The number of amides is 1. The standard InChI is InChI=1S/C17H21N3O4S/c1-22-7-6-20(17(21)13-10-25-16(19-13)4-5-18)9-12-2-3-14-15(8-12)24-11-23-14/h2-3,8,10H,4-7,9,11,18H2,1H3. The Hall–Kier alpha value is -2.16. The highest BCUT2D eigenvalue weighted by Crippen LogP contribution is 2.32. The summed E-state index contributed by atoms with van der Waals surface area (Å²) >= 11 is 1.46. The number of fused-ring (bicyclic) bond motifs is 1. The second kappa shape index (κ2) is 8.28. The van der Waals surface area contributed by atoms with E-state index < -0.39 is 0 Å². The first-order valence-electron chi connectivity index (χ1n) is 8.02. The predicted octanol–water partition coefficient (Wildman–Crippen LogP) is 1.66. The number of hydrogen-bond donors (Lipinski definition) is 1. The van der Waals surface area contributed by atoms with Crippen LogP contribution in [0, 0.1) is 0 Å². The number of methoxy groups -OCH3 is 1. The van der Waals surface area contributed by atoms with Crippen LogP contribution in [0.25, 0.3) is 0 Å². The van der Waals surface area contributed by atoms with Crippen molar-refractivity contribution >= 4 is 17.2 Å². The van der Waals surface area contributed by atoms with Crippen molar-refractivity contribution in [2.75, 3.05) is 33.6 Å². The van der Waals surface area contributed by atoms with Gasteiger partial charge in [-0.1, -0.05) is 6.07 Å². The van der Waals surface area contributed by atoms with Gasteiger partial charge in [-0.15, -0.1) is 11.3 Å². The normalized spacial score (nSPS) is 12.4. The van der Waals surface area contributed by atoms with E-state index >= 15 is 0 Å². The average molecular weight is 363 g/mol. The highest BCUT2D eigenvalue weighted by Gasteiger charge is 2.20. The van der Waals surface area contributed by atoms with Crippen molar-refractivity contribution in [3.63, 3.8) is 0 Å². The van der Waals surface area contributed by atoms with E-state index in [-0.39, 0.29) is 12.7 Å². The summed E-state index contributed by atoms with van der Waals surface area (Å²) in [6.07, 6.45) is 0.679. The molecule has 1 aromatic carbocycles. The number of nitrogens with zero attached hydrogens (tertiary/aromatic N) is 2. The molecule has 0 saturated heterocycles. The molecule has 0 unspecified atom stereocenters. The zero-order valence-electron chi connectivity index (χ0n) is 14.1. The molecule has 2 aromatic rings. The predicted molar refractivity (Wildman–Crippen MR) is 94.1 cm³/mol. The molecule has 1 aliphatic heterocycles. The van der Waals surface area contributed by atoms with Crippen molar-refractivity contribution in [2.45, 2.75) is 13.0 Å². The lowest BCUT2D eigenvalue weighted by Crippen LogP contribution is -2.33. The minimum absolute atomic E-state index is 0.116. The number of thiazole rings is 1. The van der Waals surface area contributed by atoms with Gasteiger partial charge < -0.3 is 24.8 Å². The molecular weight excluding hydrogens is 342 g/mol. The fourth-order valence-electron chi connectivity index (χ4n) is 2.52. The van der Waals surface area contributed by atoms with Crippen LogP contribution in [0.2, 0.25) is 0 Å². The number of hydrogen-bond acceptors (Lipinski definition) is 7. The van der Waals surface area contributed by atoms with Crippen molar-refractivity contribution in [3.05, 3.63) is 39.8 Å². The van der Waals surface area contributed by atoms with Crippen LogP contribution in [-0.4, -0.2) is 49.4 Å². The van der Waals surface area contributed by atoms with Gasteiger partial charge in [-0.3, -0.25) is 4.79 Å². The first-order chi connectivity index (χ1) is 12.2. The topological polar surface area (TPSA) is 86.9 Å². The van der Waals surface area contributed by atoms with Crippen LogP contribution in [0.3, 0.4) is 0 Å². The van der Waals surface area contributed by atoms with E-state index in [0.717, 1.165) is 16.3 Å². The monoisotopic (exact) mass is 363 g/mol. The summed E-state index contributed by atoms with van der Waals surface area (Å²) in [5.41, 5.74) is 6.96. The third kappa shape index (κ3) is 4.28. The van der Waals surface area contributed by atoms with Gasteiger partial charge in [0.15, 0.2) is 11.5 Å². The zero-order valence-corrected chi connectivity index (χ0v) is 14.9. The fourth-order valence-corrected chi connectivity index (χ4v) is 3.31. The summed E-state index contributed by atoms with van der Waals surface area (Å²) in [6, 6.07) is 5.69. The van der Waals surface area contributed by atoms with Gasteiger partial charge in [0, 0.05) is 32.0 Å². The van der Waals surface area contributed by atoms with E-state index in [1.165, 1.54) is 11.3 Å². The Morgan fingerprint density at radius 2 is 2.24 bits per heavy atom. The third-order valence-electron chi connectivity index (χ3n) is 3.79. The molecule has 0 saturated carbocycles. The third-order valence-corrected chi connectivity index (χ3v) is 4.70. The van der Waals surface area contributed by atoms with Gasteiger partial charge in [-0.05, 0) is 24.2 Å². The van der Waals surface area contributed by atoms with Gasteiger partial charge in [-0.2, -0.15) is 0 Å². The van der Waals surface area contributed by atoms with Gasteiger partial charge in [-0.25, -0.2) is 4.98 Å². The molecule has 25 heavy (non-hydrogen) atoms. The number of benzene rings is 1. The Labute approximate surface area is 150 Å². The van der Waals surface area contributed by atoms with E-state index in [9.17, 15) is 4.79 Å². The summed E-state index contributed by atoms with van der Waals surface area (Å²) in [4.78, 5) is 18.9. The average Bonchev–Trinajstić information content (AvgIpc) is 3.27. The number of aromatic nitrogens is 1. The zero-order chi connectivity index (χ0) is 17.6. The number of ether oxygens (including phenoxy) is 3. The van der Waals surface area contributed by atoms with Crippen molar-refractivity contribution < 1.29 is 19.0 Å². The van der Waals surface area contributed by atoms with Crippen LogP contribution in [0.5, 0.6) is 11.5 Å². The molecule has 2 heterocycles. The van der Waals surface area contributed by atoms with Crippen LogP contribution < -0.4 is 15.2 Å². The van der Waals surface area contributed by atoms with Crippen LogP contribution in [0.4, 0.5) is 0 Å². The smallest absolute Gasteiger partial charge is 0.273 e. The summed E-state index contributed by atoms with van der Waals surface area (Å²) < 4.78 is 15.9. The molecule has 7 nitrogen and oxygen atoms in total. The molecule has 2 N–H and O–H groups in total. The van der Waals surface area contributed by atoms with Crippen LogP contribution in [0.15, 0.2) is 23.6 Å². The maximum absolute atomic E-state index is 12.8. The molecule has 0 bridgehead atoms. The number of nitrogens with two attached hydrogens (primary N) is 1. The van der Waals surface area contributed by atoms with Gasteiger partial charge in [0.05, 0.1) is 11.6 Å². The summed E-state index contributed by atoms with van der Waals surface area (Å²) in [7, 11) is 1.62. The minimum atomic E-state index is -0.116. The fraction of sp³-hybridized carbons (Fsp3) is 0.412. The molecule has 134 valence electrons. The molecule has 1 aromatic heterocycles. The summed E-state index contributed by atoms with van der Waals surface area (Å²) in [5.74, 6) is 1.31. The van der Waals surface area contributed by atoms with Crippen molar-refractivity contribution in [1.29, 1.82) is 0 Å². The number of rotatable bonds is 8. The van der Waals surface area contributed by atoms with Crippen molar-refractivity contribution in [2.24, 2.45) is 5.73 Å². The Bertz CT molecular complexity index is 734. The van der Waals surface area contributed by atoms with E-state index in [2.05, 4.69) is 4.98 Å². The largest absolute Gasteiger partial charge is 0.454 e. The van der Waals surface area contributed by atoms with Crippen LogP contribution in [-0.2, 0) is 17.7 Å². The molecule has 8 heteroatoms. The Morgan fingerprint density at radius 3 is 3.04 bits per heavy atom. The first kappa shape index (κ1) is 17.7. The van der Waals surface area contributed by atoms with E-state index in [1.807, 2.05) is 18.2 Å². The van der Waals surface area contributed by atoms with E-state index in [0.29, 0.717) is 44.1 Å². The Kier molecular flexibility index (Phi) is 5.85. The Morgan fingerprint density at radius 1 is 1.40 bits per heavy atom. The lowest BCUT2D eigenvalue weighted by Gasteiger charge is -2.21. The maximum Gasteiger partial charge on any atom is 0.273 e. The van der Waals surface area contributed by atoms with Crippen molar-refractivity contribution in [1.82, 2.24) is 9.88 Å². The van der Waals surface area contributed by atoms with Gasteiger partial charge in [0.2, 0.25) is 6.79 Å². The van der Waals surface area contributed by atoms with E-state index in [1.54, 1.807) is 17.4 Å². The molecule has 0 radical (unpaired) electrons. The molecule has 1 aliphatic rings. The number of carbonyl (C=O) groups excluding carboxylic acids is 1. The first-order valence-corrected chi connectivity index (χ1v) is 8.90. The lowest BCUT2D eigenvalue weighted by molar-refractivity contribution is 0.0675. The number of carbonyl (C=O) groups is 1. The molecule has 1 amide bonds. The van der Waals surface area contributed by atoms with Crippen LogP contribution in [0.1, 0.15) is 21.1 Å². The molecule has 3 rings (SSSR count). The minimum Gasteiger partial charge on any atom is -0.454 e. The van der Waals surface area contributed by atoms with Gasteiger partial charge in [0.1, 0.15) is 5.69 Å². The van der Waals surface area contributed by atoms with Gasteiger partial charge in [0.25, 0.3) is 5.91 Å². The van der Waals surface area contributed by atoms with E-state index in [4.69, 9.17) is 19.9 Å². The van der Waals surface area contributed by atoms with Crippen LogP contribution >= 0.6 is 11.3 Å². The maximum atomic E-state index is 12.8. The highest BCUT2D eigenvalue weighted by molar-refractivity contribution is 7.09. The van der Waals surface area contributed by atoms with Gasteiger partial charge >= 0.3 is 0 Å². The highest BCUT2D eigenvalue weighted by atomic mass is 32.1. The molecule has 0 atom stereocenters. The second-order valence-corrected chi connectivity index (χ2v) is 6.51. The molecule has 0 fully saturated rings. The quantitative estimate of drug-likeness (QED) is 0.768. The Balaban J connectivity index is 1.75. The summed E-state index contributed by atoms with van der Waals surface area (Å²) in [5, 5.41) is 2.66. The molecule has 0 spiro atoms. The lowest BCUT2D eigenvalue weighted by atomic mass is 10.2. The van der Waals surface area contributed by atoms with Crippen molar-refractivity contribution in [3.8, 4) is 11.5 Å².